The first-order chi connectivity index (χ1) is 12.5. The van der Waals surface area contributed by atoms with Crippen molar-refractivity contribution in [1.29, 1.82) is 0 Å². The molecule has 1 aromatic carbocycles. The van der Waals surface area contributed by atoms with Crippen molar-refractivity contribution in [3.63, 3.8) is 0 Å². The molecule has 0 atom stereocenters. The normalized spacial score (nSPS) is 14.3. The molecule has 0 unspecified atom stereocenters. The van der Waals surface area contributed by atoms with Crippen molar-refractivity contribution < 1.29 is 4.79 Å². The van der Waals surface area contributed by atoms with Gasteiger partial charge in [-0.1, -0.05) is 28.9 Å². The number of amides is 1. The van der Waals surface area contributed by atoms with E-state index in [-0.39, 0.29) is 17.5 Å². The Kier molecular flexibility index (Phi) is 4.04. The summed E-state index contributed by atoms with van der Waals surface area (Å²) >= 11 is 5.91. The molecule has 1 fully saturated rings. The lowest BCUT2D eigenvalue weighted by Crippen LogP contribution is -2.53. The zero-order chi connectivity index (χ0) is 18.3. The Balaban J connectivity index is 1.52. The molecule has 3 heterocycles. The van der Waals surface area contributed by atoms with Crippen molar-refractivity contribution >= 4 is 17.5 Å². The van der Waals surface area contributed by atoms with Crippen molar-refractivity contribution in [3.05, 3.63) is 63.7 Å². The molecule has 8 nitrogen and oxygen atoms in total. The molecule has 0 aliphatic carbocycles. The van der Waals surface area contributed by atoms with E-state index in [9.17, 15) is 9.59 Å². The first-order valence-corrected chi connectivity index (χ1v) is 8.40. The summed E-state index contributed by atoms with van der Waals surface area (Å²) in [6.07, 6.45) is 1.57. The largest absolute Gasteiger partial charge is 0.333 e. The van der Waals surface area contributed by atoms with Crippen LogP contribution in [0.2, 0.25) is 5.02 Å². The second-order valence-corrected chi connectivity index (χ2v) is 6.59. The van der Waals surface area contributed by atoms with Crippen LogP contribution in [0.5, 0.6) is 0 Å². The molecule has 9 heteroatoms. The van der Waals surface area contributed by atoms with Gasteiger partial charge < -0.3 is 4.90 Å². The van der Waals surface area contributed by atoms with Crippen LogP contribution in [0.1, 0.15) is 16.5 Å². The number of carbonyl (C=O) groups is 1. The fourth-order valence-corrected chi connectivity index (χ4v) is 2.97. The second kappa shape index (κ2) is 6.38. The van der Waals surface area contributed by atoms with Gasteiger partial charge in [0.2, 0.25) is 0 Å². The Morgan fingerprint density at radius 2 is 1.88 bits per heavy atom. The molecular weight excluding hydrogens is 356 g/mol. The molecule has 0 spiro atoms. The molecule has 1 amide bonds. The average Bonchev–Trinajstić information content (AvgIpc) is 3.02. The van der Waals surface area contributed by atoms with Crippen molar-refractivity contribution in [2.45, 2.75) is 6.04 Å². The first-order valence-electron chi connectivity index (χ1n) is 8.02. The van der Waals surface area contributed by atoms with Gasteiger partial charge in [-0.05, 0) is 18.2 Å². The van der Waals surface area contributed by atoms with Crippen LogP contribution in [0.15, 0.2) is 47.4 Å². The average molecular weight is 371 g/mol. The minimum Gasteiger partial charge on any atom is -0.333 e. The Bertz CT molecular complexity index is 1020. The maximum atomic E-state index is 12.3. The SMILES string of the molecule is Cn1cc(C(=O)N2CC(n3nc(-c4ccc(Cl)cc4)ccc3=O)C2)nn1. The number of carbonyl (C=O) groups excluding carboxylic acids is 1. The number of rotatable bonds is 3. The highest BCUT2D eigenvalue weighted by Gasteiger charge is 2.34. The van der Waals surface area contributed by atoms with Crippen LogP contribution in [-0.4, -0.2) is 48.7 Å². The maximum absolute atomic E-state index is 12.3. The molecule has 26 heavy (non-hydrogen) atoms. The third-order valence-corrected chi connectivity index (χ3v) is 4.53. The molecule has 0 bridgehead atoms. The van der Waals surface area contributed by atoms with Gasteiger partial charge in [-0.15, -0.1) is 5.10 Å². The molecule has 1 saturated heterocycles. The van der Waals surface area contributed by atoms with E-state index in [2.05, 4.69) is 15.4 Å². The van der Waals surface area contributed by atoms with Crippen molar-refractivity contribution in [2.24, 2.45) is 7.05 Å². The van der Waals surface area contributed by atoms with Crippen LogP contribution in [-0.2, 0) is 7.05 Å². The summed E-state index contributed by atoms with van der Waals surface area (Å²) in [5.41, 5.74) is 1.65. The zero-order valence-electron chi connectivity index (χ0n) is 13.9. The fourth-order valence-electron chi connectivity index (χ4n) is 2.84. The van der Waals surface area contributed by atoms with Crippen molar-refractivity contribution in [3.8, 4) is 11.3 Å². The lowest BCUT2D eigenvalue weighted by molar-refractivity contribution is 0.0487. The molecule has 0 saturated carbocycles. The Hall–Kier alpha value is -3.00. The minimum absolute atomic E-state index is 0.157. The van der Waals surface area contributed by atoms with E-state index in [0.29, 0.717) is 29.5 Å². The van der Waals surface area contributed by atoms with Gasteiger partial charge in [-0.3, -0.25) is 14.3 Å². The predicted molar refractivity (Wildman–Crippen MR) is 94.9 cm³/mol. The van der Waals surface area contributed by atoms with Crippen LogP contribution < -0.4 is 5.56 Å². The summed E-state index contributed by atoms with van der Waals surface area (Å²) in [7, 11) is 1.70. The highest BCUT2D eigenvalue weighted by molar-refractivity contribution is 6.30. The fraction of sp³-hybridized carbons (Fsp3) is 0.235. The molecule has 1 aliphatic heterocycles. The lowest BCUT2D eigenvalue weighted by Gasteiger charge is -2.38. The van der Waals surface area contributed by atoms with Gasteiger partial charge in [0.05, 0.1) is 17.9 Å². The highest BCUT2D eigenvalue weighted by atomic mass is 35.5. The van der Waals surface area contributed by atoms with E-state index < -0.39 is 0 Å². The quantitative estimate of drug-likeness (QED) is 0.695. The van der Waals surface area contributed by atoms with E-state index in [1.165, 1.54) is 15.4 Å². The van der Waals surface area contributed by atoms with Gasteiger partial charge in [0.15, 0.2) is 5.69 Å². The van der Waals surface area contributed by atoms with Crippen LogP contribution in [0.25, 0.3) is 11.3 Å². The maximum Gasteiger partial charge on any atom is 0.276 e. The van der Waals surface area contributed by atoms with E-state index >= 15 is 0 Å². The van der Waals surface area contributed by atoms with E-state index in [0.717, 1.165) is 5.56 Å². The molecule has 2 aromatic heterocycles. The number of aryl methyl sites for hydroxylation is 1. The number of halogens is 1. The minimum atomic E-state index is -0.198. The molecule has 0 N–H and O–H groups in total. The van der Waals surface area contributed by atoms with Gasteiger partial charge in [0, 0.05) is 36.8 Å². The number of aromatic nitrogens is 5. The summed E-state index contributed by atoms with van der Waals surface area (Å²) < 4.78 is 2.91. The molecule has 0 radical (unpaired) electrons. The summed E-state index contributed by atoms with van der Waals surface area (Å²) in [6.45, 7) is 0.818. The van der Waals surface area contributed by atoms with Gasteiger partial charge in [0.1, 0.15) is 0 Å². The van der Waals surface area contributed by atoms with E-state index in [4.69, 9.17) is 11.6 Å². The third-order valence-electron chi connectivity index (χ3n) is 4.28. The van der Waals surface area contributed by atoms with Crippen LogP contribution in [0.4, 0.5) is 0 Å². The van der Waals surface area contributed by atoms with E-state index in [1.807, 2.05) is 12.1 Å². The van der Waals surface area contributed by atoms with Gasteiger partial charge in [0.25, 0.3) is 11.5 Å². The summed E-state index contributed by atoms with van der Waals surface area (Å²) in [4.78, 5) is 26.1. The zero-order valence-corrected chi connectivity index (χ0v) is 14.7. The number of hydrogen-bond acceptors (Lipinski definition) is 5. The summed E-state index contributed by atoms with van der Waals surface area (Å²) in [5, 5.41) is 12.7. The third kappa shape index (κ3) is 2.99. The Labute approximate surface area is 153 Å². The molecule has 3 aromatic rings. The second-order valence-electron chi connectivity index (χ2n) is 6.15. The summed E-state index contributed by atoms with van der Waals surface area (Å²) in [6, 6.07) is 10.3. The molecule has 4 rings (SSSR count). The van der Waals surface area contributed by atoms with Crippen LogP contribution >= 0.6 is 11.6 Å². The topological polar surface area (TPSA) is 85.9 Å². The number of nitrogens with zero attached hydrogens (tertiary/aromatic N) is 6. The van der Waals surface area contributed by atoms with Crippen LogP contribution in [0, 0.1) is 0 Å². The smallest absolute Gasteiger partial charge is 0.276 e. The Morgan fingerprint density at radius 1 is 1.15 bits per heavy atom. The standard InChI is InChI=1S/C17H15ClN6O2/c1-22-10-15(19-21-22)17(26)23-8-13(9-23)24-16(25)7-6-14(20-24)11-2-4-12(18)5-3-11/h2-7,10,13H,8-9H2,1H3. The Morgan fingerprint density at radius 3 is 2.54 bits per heavy atom. The van der Waals surface area contributed by atoms with Crippen molar-refractivity contribution in [1.82, 2.24) is 29.7 Å². The van der Waals surface area contributed by atoms with Gasteiger partial charge in [-0.2, -0.15) is 5.10 Å². The number of likely N-dealkylation sites (tertiary alicyclic amines) is 1. The predicted octanol–water partition coefficient (Wildman–Crippen LogP) is 1.39. The summed E-state index contributed by atoms with van der Waals surface area (Å²) in [5.74, 6) is -0.198. The molecule has 1 aliphatic rings. The van der Waals surface area contributed by atoms with Crippen LogP contribution in [0.3, 0.4) is 0 Å². The number of hydrogen-bond donors (Lipinski definition) is 0. The highest BCUT2D eigenvalue weighted by Crippen LogP contribution is 2.23. The molecular formula is C17H15ClN6O2. The lowest BCUT2D eigenvalue weighted by atomic mass is 10.1. The molecule has 132 valence electrons. The van der Waals surface area contributed by atoms with E-state index in [1.54, 1.807) is 36.3 Å². The number of benzene rings is 1. The van der Waals surface area contributed by atoms with Gasteiger partial charge >= 0.3 is 0 Å². The first kappa shape index (κ1) is 16.5. The van der Waals surface area contributed by atoms with Crippen molar-refractivity contribution in [2.75, 3.05) is 13.1 Å². The monoisotopic (exact) mass is 370 g/mol. The van der Waals surface area contributed by atoms with Gasteiger partial charge in [-0.25, -0.2) is 4.68 Å².